The van der Waals surface area contributed by atoms with Gasteiger partial charge in [-0.25, -0.2) is 0 Å². The Morgan fingerprint density at radius 3 is 1.81 bits per heavy atom. The molecule has 0 radical (unpaired) electrons. The average Bonchev–Trinajstić information content (AvgIpc) is 2.86. The summed E-state index contributed by atoms with van der Waals surface area (Å²) >= 11 is 0. The molecule has 3 rings (SSSR count). The summed E-state index contributed by atoms with van der Waals surface area (Å²) in [6, 6.07) is 0. The Bertz CT molecular complexity index is 686. The Kier molecular flexibility index (Phi) is 10.3. The van der Waals surface area contributed by atoms with Crippen LogP contribution in [0.4, 0.5) is 0 Å². The number of aliphatic hydroxyl groups excluding tert-OH is 12. The van der Waals surface area contributed by atoms with Crippen molar-refractivity contribution >= 4 is 0 Å². The van der Waals surface area contributed by atoms with Crippen molar-refractivity contribution in [1.82, 2.24) is 0 Å². The zero-order valence-electron chi connectivity index (χ0n) is 18.8. The highest BCUT2D eigenvalue weighted by molar-refractivity contribution is 4.95. The van der Waals surface area contributed by atoms with Gasteiger partial charge < -0.3 is 85.0 Å². The molecule has 0 aromatic rings. The van der Waals surface area contributed by atoms with Gasteiger partial charge in [-0.3, -0.25) is 0 Å². The second kappa shape index (κ2) is 12.5. The van der Waals surface area contributed by atoms with Crippen LogP contribution < -0.4 is 0 Å². The van der Waals surface area contributed by atoms with Crippen molar-refractivity contribution in [2.45, 2.75) is 98.2 Å². The summed E-state index contributed by atoms with van der Waals surface area (Å²) in [6.45, 7) is -2.26. The summed E-state index contributed by atoms with van der Waals surface area (Å²) in [6.07, 6.45) is -27.7. The normalized spacial score (nSPS) is 51.2. The minimum absolute atomic E-state index is 0.682. The topological polar surface area (TPSA) is 289 Å². The van der Waals surface area contributed by atoms with Crippen molar-refractivity contribution in [1.29, 1.82) is 0 Å². The minimum Gasteiger partial charge on any atom is -0.394 e. The summed E-state index contributed by atoms with van der Waals surface area (Å²) in [5, 5.41) is 119. The van der Waals surface area contributed by atoms with Crippen molar-refractivity contribution in [3.63, 3.8) is 0 Å². The molecule has 3 aliphatic rings. The summed E-state index contributed by atoms with van der Waals surface area (Å²) in [5.41, 5.74) is 0. The molecule has 0 bridgehead atoms. The van der Waals surface area contributed by atoms with Gasteiger partial charge in [-0.05, 0) is 0 Å². The molecule has 3 fully saturated rings. The number of aliphatic hydroxyl groups is 12. The molecular weight excluding hydrogens is 500 g/mol. The van der Waals surface area contributed by atoms with Crippen LogP contribution in [0.2, 0.25) is 0 Å². The molecule has 0 unspecified atom stereocenters. The third-order valence-electron chi connectivity index (χ3n) is 6.40. The molecule has 3 aliphatic heterocycles. The Balaban J connectivity index is 1.66. The van der Waals surface area contributed by atoms with Crippen molar-refractivity contribution in [3.05, 3.63) is 0 Å². The van der Waals surface area contributed by atoms with Crippen LogP contribution in [0, 0.1) is 0 Å². The van der Waals surface area contributed by atoms with Crippen LogP contribution in [0.25, 0.3) is 0 Å². The van der Waals surface area contributed by atoms with Crippen LogP contribution in [0.5, 0.6) is 0 Å². The van der Waals surface area contributed by atoms with Crippen LogP contribution in [0.1, 0.15) is 0 Å². The molecule has 0 amide bonds. The van der Waals surface area contributed by atoms with Crippen LogP contribution in [0.3, 0.4) is 0 Å². The van der Waals surface area contributed by atoms with Gasteiger partial charge in [-0.2, -0.15) is 0 Å². The highest BCUT2D eigenvalue weighted by atomic mass is 16.7. The van der Waals surface area contributed by atoms with E-state index in [0.29, 0.717) is 0 Å². The number of rotatable bonds is 8. The lowest BCUT2D eigenvalue weighted by Crippen LogP contribution is -2.65. The molecule has 212 valence electrons. The van der Waals surface area contributed by atoms with Gasteiger partial charge in [0.1, 0.15) is 79.4 Å². The van der Waals surface area contributed by atoms with E-state index in [1.807, 2.05) is 0 Å². The molecule has 0 spiro atoms. The third kappa shape index (κ3) is 5.98. The fraction of sp³-hybridized carbons (Fsp3) is 1.00. The maximum absolute atomic E-state index is 10.3. The maximum Gasteiger partial charge on any atom is 0.187 e. The van der Waals surface area contributed by atoms with E-state index in [9.17, 15) is 51.1 Å². The Labute approximate surface area is 203 Å². The van der Waals surface area contributed by atoms with Gasteiger partial charge in [0.15, 0.2) is 18.9 Å². The molecular formula is C19H34O17. The van der Waals surface area contributed by atoms with Crippen LogP contribution in [-0.4, -0.2) is 179 Å². The largest absolute Gasteiger partial charge is 0.394 e. The number of hydrogen-bond donors (Lipinski definition) is 12. The van der Waals surface area contributed by atoms with Gasteiger partial charge >= 0.3 is 0 Å². The third-order valence-corrected chi connectivity index (χ3v) is 6.40. The van der Waals surface area contributed by atoms with E-state index in [0.717, 1.165) is 0 Å². The van der Waals surface area contributed by atoms with Gasteiger partial charge in [0.25, 0.3) is 0 Å². The summed E-state index contributed by atoms with van der Waals surface area (Å²) in [7, 11) is 0. The highest BCUT2D eigenvalue weighted by Gasteiger charge is 2.51. The van der Waals surface area contributed by atoms with E-state index in [1.165, 1.54) is 0 Å². The maximum atomic E-state index is 10.3. The molecule has 3 heterocycles. The first-order valence-electron chi connectivity index (χ1n) is 11.2. The van der Waals surface area contributed by atoms with Crippen molar-refractivity contribution in [2.24, 2.45) is 0 Å². The van der Waals surface area contributed by atoms with E-state index in [1.54, 1.807) is 0 Å². The minimum atomic E-state index is -1.92. The smallest absolute Gasteiger partial charge is 0.187 e. The second-order valence-electron chi connectivity index (χ2n) is 8.87. The fourth-order valence-corrected chi connectivity index (χ4v) is 4.16. The first-order valence-corrected chi connectivity index (χ1v) is 11.2. The Morgan fingerprint density at radius 2 is 1.19 bits per heavy atom. The van der Waals surface area contributed by atoms with Crippen molar-refractivity contribution in [3.8, 4) is 0 Å². The fourth-order valence-electron chi connectivity index (χ4n) is 4.16. The molecule has 36 heavy (non-hydrogen) atoms. The van der Waals surface area contributed by atoms with Gasteiger partial charge in [-0.15, -0.1) is 0 Å². The first kappa shape index (κ1) is 29.9. The predicted octanol–water partition coefficient (Wildman–Crippen LogP) is -8.21. The van der Waals surface area contributed by atoms with Gasteiger partial charge in [0.05, 0.1) is 19.8 Å². The Morgan fingerprint density at radius 1 is 0.611 bits per heavy atom. The van der Waals surface area contributed by atoms with E-state index in [4.69, 9.17) is 33.9 Å². The molecule has 0 aromatic heterocycles. The number of hydrogen-bond acceptors (Lipinski definition) is 17. The van der Waals surface area contributed by atoms with Gasteiger partial charge in [0, 0.05) is 0 Å². The van der Waals surface area contributed by atoms with Gasteiger partial charge in [-0.1, -0.05) is 0 Å². The quantitative estimate of drug-likeness (QED) is 0.138. The van der Waals surface area contributed by atoms with Crippen LogP contribution in [0.15, 0.2) is 0 Å². The summed E-state index contributed by atoms with van der Waals surface area (Å²) in [5.74, 6) is 0. The average molecular weight is 534 g/mol. The zero-order valence-corrected chi connectivity index (χ0v) is 18.8. The molecule has 12 N–H and O–H groups in total. The molecule has 0 aliphatic carbocycles. The summed E-state index contributed by atoms with van der Waals surface area (Å²) < 4.78 is 26.2. The highest BCUT2D eigenvalue weighted by Crippen LogP contribution is 2.30. The molecule has 0 aromatic carbocycles. The lowest BCUT2D eigenvalue weighted by molar-refractivity contribution is -0.368. The lowest BCUT2D eigenvalue weighted by Gasteiger charge is -2.45. The molecule has 17 heteroatoms. The van der Waals surface area contributed by atoms with Gasteiger partial charge in [0.2, 0.25) is 0 Å². The Hall–Kier alpha value is -0.680. The molecule has 16 atom stereocenters. The number of ether oxygens (including phenoxy) is 5. The SMILES string of the molecule is OC[C@@H](O)[C@H]1O[C@@H](OC[C@H]2O[C@@H](O[C@@H]3[C@@H](O)[C@H](O)[C@@H](CO)O[C@@H]3O)[C@H](O)[C@@H](O)[C@@H]2O)[C@@H](O)[C@@H](O)[C@@H]1O. The summed E-state index contributed by atoms with van der Waals surface area (Å²) in [4.78, 5) is 0. The molecule has 17 nitrogen and oxygen atoms in total. The monoisotopic (exact) mass is 534 g/mol. The van der Waals surface area contributed by atoms with E-state index < -0.39 is 118 Å². The van der Waals surface area contributed by atoms with Crippen molar-refractivity contribution < 1.29 is 85.0 Å². The molecule has 0 saturated carbocycles. The molecule has 3 saturated heterocycles. The van der Waals surface area contributed by atoms with Crippen molar-refractivity contribution in [2.75, 3.05) is 19.8 Å². The second-order valence-corrected chi connectivity index (χ2v) is 8.87. The predicted molar refractivity (Wildman–Crippen MR) is 107 cm³/mol. The first-order chi connectivity index (χ1) is 16.9. The zero-order chi connectivity index (χ0) is 26.9. The van der Waals surface area contributed by atoms with E-state index in [-0.39, 0.29) is 0 Å². The standard InChI is InChI=1S/C19H34O17/c20-1-4(22)15-12(28)10(26)13(29)18(35-15)32-3-6-8(24)9(25)14(30)19(34-6)36-16-11(27)7(23)5(2-21)33-17(16)31/h4-31H,1-3H2/t4-,5-,6-,7-,8-,9+,10+,11+,12+,13+,14-,15-,16-,17+,18-,19+/m1/s1. The van der Waals surface area contributed by atoms with E-state index in [2.05, 4.69) is 0 Å². The van der Waals surface area contributed by atoms with E-state index >= 15 is 0 Å². The van der Waals surface area contributed by atoms with Crippen LogP contribution in [-0.2, 0) is 23.7 Å². The lowest BCUT2D eigenvalue weighted by atomic mass is 9.95. The van der Waals surface area contributed by atoms with Crippen LogP contribution >= 0.6 is 0 Å².